The first-order valence-electron chi connectivity index (χ1n) is 11.2. The lowest BCUT2D eigenvalue weighted by Crippen LogP contribution is -2.36. The number of rotatable bonds is 7. The molecule has 2 fully saturated rings. The van der Waals surface area contributed by atoms with E-state index < -0.39 is 4.92 Å². The van der Waals surface area contributed by atoms with E-state index in [2.05, 4.69) is 10.2 Å². The van der Waals surface area contributed by atoms with Gasteiger partial charge in [0.15, 0.2) is 0 Å². The number of carbonyl (C=O) groups excluding carboxylic acids is 1. The molecule has 0 saturated carbocycles. The van der Waals surface area contributed by atoms with Gasteiger partial charge in [0.1, 0.15) is 11.4 Å². The van der Waals surface area contributed by atoms with Crippen LogP contribution in [0.25, 0.3) is 6.08 Å². The molecule has 2 heterocycles. The lowest BCUT2D eigenvalue weighted by atomic mass is 10.1. The summed E-state index contributed by atoms with van der Waals surface area (Å²) in [7, 11) is 1.57. The molecule has 1 N–H and O–H groups in total. The van der Waals surface area contributed by atoms with Crippen LogP contribution in [0.4, 0.5) is 22.7 Å². The molecule has 0 atom stereocenters. The van der Waals surface area contributed by atoms with Gasteiger partial charge in [-0.25, -0.2) is 0 Å². The lowest BCUT2D eigenvalue weighted by Gasteiger charge is -2.30. The minimum Gasteiger partial charge on any atom is -0.497 e. The molecular formula is C24H28N4O6. The summed E-state index contributed by atoms with van der Waals surface area (Å²) < 4.78 is 16.1. The highest BCUT2D eigenvalue weighted by molar-refractivity contribution is 6.04. The maximum absolute atomic E-state index is 12.7. The van der Waals surface area contributed by atoms with Crippen LogP contribution in [0.5, 0.6) is 5.75 Å². The van der Waals surface area contributed by atoms with Gasteiger partial charge in [-0.3, -0.25) is 14.9 Å². The number of anilines is 3. The highest BCUT2D eigenvalue weighted by Crippen LogP contribution is 2.32. The van der Waals surface area contributed by atoms with Crippen molar-refractivity contribution in [2.75, 3.05) is 74.8 Å². The summed E-state index contributed by atoms with van der Waals surface area (Å²) in [6.45, 7) is 4.98. The Morgan fingerprint density at radius 1 is 1.00 bits per heavy atom. The number of nitro groups is 1. The van der Waals surface area contributed by atoms with E-state index >= 15 is 0 Å². The van der Waals surface area contributed by atoms with Gasteiger partial charge in [0.05, 0.1) is 49.8 Å². The van der Waals surface area contributed by atoms with E-state index in [1.165, 1.54) is 12.1 Å². The Morgan fingerprint density at radius 2 is 1.62 bits per heavy atom. The number of morpholine rings is 2. The maximum atomic E-state index is 12.7. The van der Waals surface area contributed by atoms with Gasteiger partial charge in [-0.05, 0) is 29.8 Å². The molecule has 1 amide bonds. The summed E-state index contributed by atoms with van der Waals surface area (Å²) in [5.74, 6) is 0.285. The Morgan fingerprint density at radius 3 is 2.24 bits per heavy atom. The Kier molecular flexibility index (Phi) is 7.61. The molecule has 2 aliphatic rings. The van der Waals surface area contributed by atoms with Crippen molar-refractivity contribution in [1.29, 1.82) is 0 Å². The topological polar surface area (TPSA) is 106 Å². The molecule has 0 bridgehead atoms. The summed E-state index contributed by atoms with van der Waals surface area (Å²) in [5.41, 5.74) is 2.65. The number of hydrogen-bond donors (Lipinski definition) is 1. The van der Waals surface area contributed by atoms with Gasteiger partial charge < -0.3 is 29.3 Å². The van der Waals surface area contributed by atoms with Crippen molar-refractivity contribution in [2.45, 2.75) is 0 Å². The molecule has 10 nitrogen and oxygen atoms in total. The standard InChI is InChI=1S/C24H28N4O6/c1-32-19-4-6-21(26-8-12-33-13-9-26)20(17-19)25-24(29)7-3-18-2-5-22(23(16-18)28(30)31)27-10-14-34-15-11-27/h2-7,16-17H,8-15H2,1H3,(H,25,29)/b7-3+. The molecule has 180 valence electrons. The van der Waals surface area contributed by atoms with Crippen molar-refractivity contribution < 1.29 is 23.9 Å². The van der Waals surface area contributed by atoms with Crippen LogP contribution in [0.2, 0.25) is 0 Å². The van der Waals surface area contributed by atoms with Crippen LogP contribution in [0.3, 0.4) is 0 Å². The monoisotopic (exact) mass is 468 g/mol. The highest BCUT2D eigenvalue weighted by atomic mass is 16.6. The zero-order valence-corrected chi connectivity index (χ0v) is 19.1. The molecule has 0 aliphatic carbocycles. The van der Waals surface area contributed by atoms with Crippen molar-refractivity contribution in [2.24, 2.45) is 0 Å². The SMILES string of the molecule is COc1ccc(N2CCOCC2)c(NC(=O)/C=C/c2ccc(N3CCOCC3)c([N+](=O)[O-])c2)c1. The largest absolute Gasteiger partial charge is 0.497 e. The third kappa shape index (κ3) is 5.64. The van der Waals surface area contributed by atoms with Crippen LogP contribution in [0.1, 0.15) is 5.56 Å². The van der Waals surface area contributed by atoms with Gasteiger partial charge in [-0.2, -0.15) is 0 Å². The lowest BCUT2D eigenvalue weighted by molar-refractivity contribution is -0.384. The van der Waals surface area contributed by atoms with Crippen LogP contribution in [0.15, 0.2) is 42.5 Å². The Hall–Kier alpha value is -3.63. The first-order valence-corrected chi connectivity index (χ1v) is 11.2. The zero-order valence-electron chi connectivity index (χ0n) is 19.1. The second kappa shape index (κ2) is 11.0. The number of nitro benzene ring substituents is 1. The van der Waals surface area contributed by atoms with Crippen molar-refractivity contribution in [1.82, 2.24) is 0 Å². The van der Waals surface area contributed by atoms with E-state index in [0.717, 1.165) is 18.8 Å². The molecule has 0 spiro atoms. The van der Waals surface area contributed by atoms with Crippen LogP contribution < -0.4 is 19.9 Å². The Bertz CT molecular complexity index is 1060. The number of hydrogen-bond acceptors (Lipinski definition) is 8. The molecule has 0 aromatic heterocycles. The van der Waals surface area contributed by atoms with Gasteiger partial charge in [0, 0.05) is 44.4 Å². The molecular weight excluding hydrogens is 440 g/mol. The highest BCUT2D eigenvalue weighted by Gasteiger charge is 2.22. The average Bonchev–Trinajstić information content (AvgIpc) is 2.88. The quantitative estimate of drug-likeness (QED) is 0.376. The summed E-state index contributed by atoms with van der Waals surface area (Å²) in [6, 6.07) is 10.5. The maximum Gasteiger partial charge on any atom is 0.293 e. The van der Waals surface area contributed by atoms with E-state index in [4.69, 9.17) is 14.2 Å². The molecule has 34 heavy (non-hydrogen) atoms. The minimum absolute atomic E-state index is 0.00635. The van der Waals surface area contributed by atoms with Crippen LogP contribution in [-0.2, 0) is 14.3 Å². The van der Waals surface area contributed by atoms with E-state index in [0.29, 0.717) is 62.2 Å². The zero-order chi connectivity index (χ0) is 23.9. The number of nitrogens with one attached hydrogen (secondary N) is 1. The first-order chi connectivity index (χ1) is 16.5. The smallest absolute Gasteiger partial charge is 0.293 e. The summed E-state index contributed by atoms with van der Waals surface area (Å²) >= 11 is 0. The molecule has 2 saturated heterocycles. The molecule has 0 unspecified atom stereocenters. The number of methoxy groups -OCH3 is 1. The van der Waals surface area contributed by atoms with Gasteiger partial charge in [-0.1, -0.05) is 6.07 Å². The molecule has 10 heteroatoms. The number of carbonyl (C=O) groups is 1. The molecule has 2 aromatic carbocycles. The predicted octanol–water partition coefficient (Wildman–Crippen LogP) is 2.93. The summed E-state index contributed by atoms with van der Waals surface area (Å²) in [4.78, 5) is 28.1. The molecule has 2 aromatic rings. The van der Waals surface area contributed by atoms with E-state index in [1.54, 1.807) is 31.4 Å². The Balaban J connectivity index is 1.50. The van der Waals surface area contributed by atoms with Crippen LogP contribution >= 0.6 is 0 Å². The van der Waals surface area contributed by atoms with Crippen molar-refractivity contribution in [3.05, 3.63) is 58.2 Å². The van der Waals surface area contributed by atoms with Crippen molar-refractivity contribution >= 4 is 34.7 Å². The van der Waals surface area contributed by atoms with Gasteiger partial charge in [0.2, 0.25) is 5.91 Å². The number of amides is 1. The van der Waals surface area contributed by atoms with Crippen LogP contribution in [0, 0.1) is 10.1 Å². The first kappa shape index (κ1) is 23.5. The van der Waals surface area contributed by atoms with E-state index in [1.807, 2.05) is 17.0 Å². The van der Waals surface area contributed by atoms with E-state index in [-0.39, 0.29) is 11.6 Å². The normalized spacial score (nSPS) is 16.5. The fourth-order valence-electron chi connectivity index (χ4n) is 4.03. The van der Waals surface area contributed by atoms with E-state index in [9.17, 15) is 14.9 Å². The molecule has 4 rings (SSSR count). The fourth-order valence-corrected chi connectivity index (χ4v) is 4.03. The molecule has 0 radical (unpaired) electrons. The third-order valence-corrected chi connectivity index (χ3v) is 5.79. The van der Waals surface area contributed by atoms with Gasteiger partial charge in [0.25, 0.3) is 5.69 Å². The van der Waals surface area contributed by atoms with Crippen LogP contribution in [-0.4, -0.2) is 70.5 Å². The number of nitrogens with zero attached hydrogens (tertiary/aromatic N) is 3. The summed E-state index contributed by atoms with van der Waals surface area (Å²) in [5, 5.41) is 14.6. The second-order valence-electron chi connectivity index (χ2n) is 7.91. The molecule has 2 aliphatic heterocycles. The van der Waals surface area contributed by atoms with Crippen molar-refractivity contribution in [3.8, 4) is 5.75 Å². The van der Waals surface area contributed by atoms with Gasteiger partial charge >= 0.3 is 0 Å². The predicted molar refractivity (Wildman–Crippen MR) is 130 cm³/mol. The fraction of sp³-hybridized carbons (Fsp3) is 0.375. The Labute approximate surface area is 197 Å². The summed E-state index contributed by atoms with van der Waals surface area (Å²) in [6.07, 6.45) is 2.94. The average molecular weight is 469 g/mol. The van der Waals surface area contributed by atoms with Crippen molar-refractivity contribution in [3.63, 3.8) is 0 Å². The second-order valence-corrected chi connectivity index (χ2v) is 7.91. The minimum atomic E-state index is -0.396. The third-order valence-electron chi connectivity index (χ3n) is 5.79. The number of ether oxygens (including phenoxy) is 3. The number of benzene rings is 2. The van der Waals surface area contributed by atoms with Gasteiger partial charge in [-0.15, -0.1) is 0 Å².